The molecule has 1 N–H and O–H groups in total. The first-order valence-corrected chi connectivity index (χ1v) is 11.2. The number of hydrogen-bond acceptors (Lipinski definition) is 4. The van der Waals surface area contributed by atoms with Crippen molar-refractivity contribution in [3.63, 3.8) is 0 Å². The Hall–Kier alpha value is -1.72. The van der Waals surface area contributed by atoms with Gasteiger partial charge in [0.15, 0.2) is 5.13 Å². The summed E-state index contributed by atoms with van der Waals surface area (Å²) in [5.41, 5.74) is 3.95. The number of rotatable bonds is 6. The standard InChI is InChI=1S/C22H29N3OS/c26-21(11-10-17-6-2-1-3-7-17)24-22-23-20(16-27-22)15-25-13-12-18-8-4-5-9-19(18)14-25/h4-5,8-9,16-17H,1-3,6-7,10-15H2,(H,23,24,26). The van der Waals surface area contributed by atoms with E-state index in [9.17, 15) is 4.79 Å². The smallest absolute Gasteiger partial charge is 0.226 e. The van der Waals surface area contributed by atoms with Gasteiger partial charge in [-0.15, -0.1) is 11.3 Å². The lowest BCUT2D eigenvalue weighted by atomic mass is 9.86. The molecule has 4 nitrogen and oxygen atoms in total. The van der Waals surface area contributed by atoms with Crippen molar-refractivity contribution < 1.29 is 4.79 Å². The van der Waals surface area contributed by atoms with Crippen molar-refractivity contribution in [3.8, 4) is 0 Å². The van der Waals surface area contributed by atoms with Crippen molar-refractivity contribution in [2.24, 2.45) is 5.92 Å². The van der Waals surface area contributed by atoms with Crippen LogP contribution in [0.4, 0.5) is 5.13 Å². The number of nitrogens with one attached hydrogen (secondary N) is 1. The number of anilines is 1. The van der Waals surface area contributed by atoms with Crippen LogP contribution in [0.15, 0.2) is 29.6 Å². The molecule has 1 aromatic heterocycles. The molecule has 0 bridgehead atoms. The summed E-state index contributed by atoms with van der Waals surface area (Å²) >= 11 is 1.54. The van der Waals surface area contributed by atoms with Crippen LogP contribution in [0, 0.1) is 5.92 Å². The zero-order valence-electron chi connectivity index (χ0n) is 16.0. The second kappa shape index (κ2) is 8.98. The highest BCUT2D eigenvalue weighted by atomic mass is 32.1. The van der Waals surface area contributed by atoms with E-state index in [1.54, 1.807) is 11.3 Å². The average molecular weight is 384 g/mol. The zero-order chi connectivity index (χ0) is 18.5. The number of fused-ring (bicyclic) bond motifs is 1. The Morgan fingerprint density at radius 1 is 1.19 bits per heavy atom. The summed E-state index contributed by atoms with van der Waals surface area (Å²) in [6.45, 7) is 2.90. The molecule has 5 heteroatoms. The fourth-order valence-electron chi connectivity index (χ4n) is 4.35. The third kappa shape index (κ3) is 5.17. The van der Waals surface area contributed by atoms with Gasteiger partial charge < -0.3 is 5.32 Å². The maximum absolute atomic E-state index is 12.2. The van der Waals surface area contributed by atoms with E-state index in [1.807, 2.05) is 0 Å². The monoisotopic (exact) mass is 383 g/mol. The SMILES string of the molecule is O=C(CCC1CCCCC1)Nc1nc(CN2CCc3ccccc3C2)cs1. The van der Waals surface area contributed by atoms with Crippen molar-refractivity contribution in [1.29, 1.82) is 0 Å². The van der Waals surface area contributed by atoms with Crippen LogP contribution < -0.4 is 5.32 Å². The molecule has 27 heavy (non-hydrogen) atoms. The van der Waals surface area contributed by atoms with E-state index in [-0.39, 0.29) is 5.91 Å². The summed E-state index contributed by atoms with van der Waals surface area (Å²) in [5, 5.41) is 5.83. The molecule has 1 aliphatic heterocycles. The van der Waals surface area contributed by atoms with Gasteiger partial charge in [0, 0.05) is 31.4 Å². The summed E-state index contributed by atoms with van der Waals surface area (Å²) in [5.74, 6) is 0.867. The van der Waals surface area contributed by atoms with Crippen LogP contribution in [0.2, 0.25) is 0 Å². The van der Waals surface area contributed by atoms with Gasteiger partial charge in [-0.25, -0.2) is 4.98 Å². The number of carbonyl (C=O) groups excluding carboxylic acids is 1. The lowest BCUT2D eigenvalue weighted by molar-refractivity contribution is -0.116. The third-order valence-corrected chi connectivity index (χ3v) is 6.70. The van der Waals surface area contributed by atoms with Crippen LogP contribution in [0.5, 0.6) is 0 Å². The normalized spacial score (nSPS) is 18.2. The number of amides is 1. The maximum atomic E-state index is 12.2. The molecule has 0 spiro atoms. The van der Waals surface area contributed by atoms with E-state index in [0.717, 1.165) is 49.2 Å². The zero-order valence-corrected chi connectivity index (χ0v) is 16.8. The van der Waals surface area contributed by atoms with Crippen molar-refractivity contribution >= 4 is 22.4 Å². The first-order chi connectivity index (χ1) is 13.3. The number of carbonyl (C=O) groups is 1. The summed E-state index contributed by atoms with van der Waals surface area (Å²) in [6, 6.07) is 8.70. The molecule has 2 aliphatic rings. The summed E-state index contributed by atoms with van der Waals surface area (Å²) in [4.78, 5) is 19.3. The van der Waals surface area contributed by atoms with E-state index in [0.29, 0.717) is 6.42 Å². The number of nitrogens with zero attached hydrogens (tertiary/aromatic N) is 2. The van der Waals surface area contributed by atoms with Gasteiger partial charge in [-0.3, -0.25) is 9.69 Å². The highest BCUT2D eigenvalue weighted by Crippen LogP contribution is 2.27. The molecule has 1 fully saturated rings. The Morgan fingerprint density at radius 3 is 2.85 bits per heavy atom. The average Bonchev–Trinajstić information content (AvgIpc) is 3.14. The third-order valence-electron chi connectivity index (χ3n) is 5.90. The Bertz CT molecular complexity index is 766. The van der Waals surface area contributed by atoms with Crippen LogP contribution in [-0.4, -0.2) is 22.3 Å². The van der Waals surface area contributed by atoms with Crippen molar-refractivity contribution in [2.45, 2.75) is 64.5 Å². The Morgan fingerprint density at radius 2 is 2.00 bits per heavy atom. The molecule has 1 aromatic carbocycles. The highest BCUT2D eigenvalue weighted by molar-refractivity contribution is 7.13. The number of thiazole rings is 1. The summed E-state index contributed by atoms with van der Waals surface area (Å²) in [6.07, 6.45) is 9.39. The lowest BCUT2D eigenvalue weighted by Gasteiger charge is -2.27. The molecule has 0 atom stereocenters. The first-order valence-electron chi connectivity index (χ1n) is 10.3. The van der Waals surface area contributed by atoms with E-state index in [2.05, 4.69) is 44.8 Å². The van der Waals surface area contributed by atoms with Gasteiger partial charge in [0.25, 0.3) is 0 Å². The van der Waals surface area contributed by atoms with E-state index in [4.69, 9.17) is 0 Å². The number of aromatic nitrogens is 1. The maximum Gasteiger partial charge on any atom is 0.226 e. The second-order valence-corrected chi connectivity index (χ2v) is 8.82. The molecule has 1 saturated carbocycles. The second-order valence-electron chi connectivity index (χ2n) is 7.96. The fourth-order valence-corrected chi connectivity index (χ4v) is 5.07. The van der Waals surface area contributed by atoms with Crippen LogP contribution >= 0.6 is 11.3 Å². The molecule has 1 aliphatic carbocycles. The van der Waals surface area contributed by atoms with Crippen molar-refractivity contribution in [2.75, 3.05) is 11.9 Å². The highest BCUT2D eigenvalue weighted by Gasteiger charge is 2.18. The summed E-state index contributed by atoms with van der Waals surface area (Å²) < 4.78 is 0. The molecule has 1 amide bonds. The van der Waals surface area contributed by atoms with E-state index < -0.39 is 0 Å². The predicted molar refractivity (Wildman–Crippen MR) is 111 cm³/mol. The number of benzene rings is 1. The summed E-state index contributed by atoms with van der Waals surface area (Å²) in [7, 11) is 0. The van der Waals surface area contributed by atoms with Gasteiger partial charge in [-0.1, -0.05) is 56.4 Å². The fraction of sp³-hybridized carbons (Fsp3) is 0.545. The van der Waals surface area contributed by atoms with Crippen LogP contribution in [0.1, 0.15) is 61.8 Å². The van der Waals surface area contributed by atoms with Gasteiger partial charge in [0.1, 0.15) is 0 Å². The van der Waals surface area contributed by atoms with Crippen molar-refractivity contribution in [1.82, 2.24) is 9.88 Å². The minimum absolute atomic E-state index is 0.119. The minimum atomic E-state index is 0.119. The molecular weight excluding hydrogens is 354 g/mol. The Balaban J connectivity index is 1.24. The molecule has 0 unspecified atom stereocenters. The topological polar surface area (TPSA) is 45.2 Å². The minimum Gasteiger partial charge on any atom is -0.302 e. The van der Waals surface area contributed by atoms with E-state index >= 15 is 0 Å². The first kappa shape index (κ1) is 18.6. The molecule has 2 heterocycles. The van der Waals surface area contributed by atoms with E-state index in [1.165, 1.54) is 43.2 Å². The Labute approximate surface area is 166 Å². The lowest BCUT2D eigenvalue weighted by Crippen LogP contribution is -2.30. The largest absolute Gasteiger partial charge is 0.302 e. The quantitative estimate of drug-likeness (QED) is 0.763. The molecule has 0 saturated heterocycles. The van der Waals surface area contributed by atoms with Crippen LogP contribution in [0.25, 0.3) is 0 Å². The Kier molecular flexibility index (Phi) is 6.20. The predicted octanol–water partition coefficient (Wildman–Crippen LogP) is 5.00. The van der Waals surface area contributed by atoms with Crippen molar-refractivity contribution in [3.05, 3.63) is 46.5 Å². The van der Waals surface area contributed by atoms with Gasteiger partial charge in [0.05, 0.1) is 5.69 Å². The molecule has 2 aromatic rings. The molecule has 144 valence electrons. The van der Waals surface area contributed by atoms with Crippen LogP contribution in [0.3, 0.4) is 0 Å². The molecule has 4 rings (SSSR count). The molecular formula is C22H29N3OS. The van der Waals surface area contributed by atoms with Gasteiger partial charge in [0.2, 0.25) is 5.91 Å². The number of hydrogen-bond donors (Lipinski definition) is 1. The van der Waals surface area contributed by atoms with Gasteiger partial charge >= 0.3 is 0 Å². The molecule has 0 radical (unpaired) electrons. The van der Waals surface area contributed by atoms with Crippen LogP contribution in [-0.2, 0) is 24.3 Å². The van der Waals surface area contributed by atoms with Gasteiger partial charge in [-0.2, -0.15) is 0 Å². The van der Waals surface area contributed by atoms with Gasteiger partial charge in [-0.05, 0) is 29.9 Å².